The van der Waals surface area contributed by atoms with Gasteiger partial charge in [0.05, 0.1) is 6.04 Å². The van der Waals surface area contributed by atoms with Gasteiger partial charge in [-0.15, -0.1) is 0 Å². The summed E-state index contributed by atoms with van der Waals surface area (Å²) in [6.45, 7) is 4.89. The quantitative estimate of drug-likeness (QED) is 0.870. The summed E-state index contributed by atoms with van der Waals surface area (Å²) >= 11 is 1.71. The Kier molecular flexibility index (Phi) is 5.31. The standard InChI is InChI=1S/C18H23N3OS/c1-14-4-6-16(7-5-14)20-18(22)19-12-17(15-8-11-23-13-15)21-9-2-3-10-21/h4-8,11,13,17H,2-3,9-10,12H2,1H3,(H2,19,20,22)/t17-/m1/s1. The van der Waals surface area contributed by atoms with Crippen LogP contribution < -0.4 is 10.6 Å². The third-order valence-corrected chi connectivity index (χ3v) is 4.98. The van der Waals surface area contributed by atoms with E-state index >= 15 is 0 Å². The zero-order chi connectivity index (χ0) is 16.1. The SMILES string of the molecule is Cc1ccc(NC(=O)NC[C@H](c2ccsc2)N2CCCC2)cc1. The van der Waals surface area contributed by atoms with Crippen molar-refractivity contribution in [2.45, 2.75) is 25.8 Å². The predicted molar refractivity (Wildman–Crippen MR) is 96.1 cm³/mol. The van der Waals surface area contributed by atoms with Crippen LogP contribution in [0.4, 0.5) is 10.5 Å². The summed E-state index contributed by atoms with van der Waals surface area (Å²) in [5.41, 5.74) is 3.30. The third kappa shape index (κ3) is 4.33. The average molecular weight is 329 g/mol. The molecule has 1 fully saturated rings. The molecule has 1 aliphatic rings. The smallest absolute Gasteiger partial charge is 0.319 e. The summed E-state index contributed by atoms with van der Waals surface area (Å²) < 4.78 is 0. The monoisotopic (exact) mass is 329 g/mol. The zero-order valence-corrected chi connectivity index (χ0v) is 14.2. The normalized spacial score (nSPS) is 16.2. The van der Waals surface area contributed by atoms with Crippen molar-refractivity contribution in [2.24, 2.45) is 0 Å². The maximum Gasteiger partial charge on any atom is 0.319 e. The summed E-state index contributed by atoms with van der Waals surface area (Å²) in [4.78, 5) is 14.6. The van der Waals surface area contributed by atoms with Crippen LogP contribution in [0.25, 0.3) is 0 Å². The second-order valence-corrected chi connectivity index (χ2v) is 6.80. The molecule has 1 aliphatic heterocycles. The van der Waals surface area contributed by atoms with Crippen LogP contribution >= 0.6 is 11.3 Å². The van der Waals surface area contributed by atoms with E-state index in [4.69, 9.17) is 0 Å². The van der Waals surface area contributed by atoms with Gasteiger partial charge in [0.25, 0.3) is 0 Å². The first-order valence-corrected chi connectivity index (χ1v) is 9.04. The Morgan fingerprint density at radius 3 is 2.61 bits per heavy atom. The number of amides is 2. The summed E-state index contributed by atoms with van der Waals surface area (Å²) in [5, 5.41) is 10.2. The Bertz CT molecular complexity index is 618. The van der Waals surface area contributed by atoms with Crippen molar-refractivity contribution in [3.05, 3.63) is 52.2 Å². The molecule has 1 aromatic heterocycles. The molecule has 4 nitrogen and oxygen atoms in total. The van der Waals surface area contributed by atoms with Gasteiger partial charge in [0.1, 0.15) is 0 Å². The number of nitrogens with zero attached hydrogens (tertiary/aromatic N) is 1. The number of likely N-dealkylation sites (tertiary alicyclic amines) is 1. The van der Waals surface area contributed by atoms with E-state index in [1.165, 1.54) is 24.0 Å². The molecule has 0 bridgehead atoms. The van der Waals surface area contributed by atoms with Crippen LogP contribution in [0.1, 0.15) is 30.0 Å². The Balaban J connectivity index is 1.57. The van der Waals surface area contributed by atoms with E-state index in [0.717, 1.165) is 18.8 Å². The summed E-state index contributed by atoms with van der Waals surface area (Å²) in [6, 6.07) is 10.1. The van der Waals surface area contributed by atoms with Gasteiger partial charge < -0.3 is 10.6 Å². The number of urea groups is 1. The van der Waals surface area contributed by atoms with Gasteiger partial charge in [0.15, 0.2) is 0 Å². The largest absolute Gasteiger partial charge is 0.336 e. The van der Waals surface area contributed by atoms with Gasteiger partial charge in [-0.1, -0.05) is 17.7 Å². The van der Waals surface area contributed by atoms with Crippen molar-refractivity contribution in [2.75, 3.05) is 25.0 Å². The molecule has 0 spiro atoms. The van der Waals surface area contributed by atoms with Gasteiger partial charge in [-0.25, -0.2) is 4.79 Å². The van der Waals surface area contributed by atoms with Crippen LogP contribution in [0.15, 0.2) is 41.1 Å². The number of carbonyl (C=O) groups is 1. The van der Waals surface area contributed by atoms with Crippen LogP contribution in [-0.4, -0.2) is 30.6 Å². The lowest BCUT2D eigenvalue weighted by molar-refractivity contribution is 0.228. The summed E-state index contributed by atoms with van der Waals surface area (Å²) in [6.07, 6.45) is 2.49. The van der Waals surface area contributed by atoms with E-state index in [1.807, 2.05) is 31.2 Å². The number of anilines is 1. The highest BCUT2D eigenvalue weighted by Crippen LogP contribution is 2.26. The molecule has 2 aromatic rings. The van der Waals surface area contributed by atoms with Gasteiger partial charge in [-0.05, 0) is 67.4 Å². The molecule has 0 saturated carbocycles. The van der Waals surface area contributed by atoms with Gasteiger partial charge in [-0.2, -0.15) is 11.3 Å². The molecule has 3 rings (SSSR count). The number of hydrogen-bond acceptors (Lipinski definition) is 3. The first kappa shape index (κ1) is 16.0. The van der Waals surface area contributed by atoms with Gasteiger partial charge in [0, 0.05) is 12.2 Å². The molecule has 0 aliphatic carbocycles. The predicted octanol–water partition coefficient (Wildman–Crippen LogP) is 4.02. The minimum atomic E-state index is -0.145. The molecule has 5 heteroatoms. The molecule has 2 N–H and O–H groups in total. The number of rotatable bonds is 5. The number of nitrogens with one attached hydrogen (secondary N) is 2. The molecule has 0 unspecified atom stereocenters. The van der Waals surface area contributed by atoms with E-state index in [2.05, 4.69) is 32.4 Å². The van der Waals surface area contributed by atoms with E-state index in [-0.39, 0.29) is 12.1 Å². The second-order valence-electron chi connectivity index (χ2n) is 6.02. The lowest BCUT2D eigenvalue weighted by atomic mass is 10.1. The van der Waals surface area contributed by atoms with Crippen molar-refractivity contribution in [1.82, 2.24) is 10.2 Å². The Labute approximate surface area is 141 Å². The Morgan fingerprint density at radius 1 is 1.22 bits per heavy atom. The van der Waals surface area contributed by atoms with Gasteiger partial charge in [0.2, 0.25) is 0 Å². The van der Waals surface area contributed by atoms with E-state index in [1.54, 1.807) is 11.3 Å². The number of hydrogen-bond donors (Lipinski definition) is 2. The zero-order valence-electron chi connectivity index (χ0n) is 13.4. The summed E-state index contributed by atoms with van der Waals surface area (Å²) in [5.74, 6) is 0. The first-order chi connectivity index (χ1) is 11.2. The van der Waals surface area contributed by atoms with E-state index in [0.29, 0.717) is 6.54 Å². The molecule has 2 amide bonds. The maximum atomic E-state index is 12.1. The molecule has 23 heavy (non-hydrogen) atoms. The van der Waals surface area contributed by atoms with Crippen molar-refractivity contribution >= 4 is 23.1 Å². The highest BCUT2D eigenvalue weighted by Gasteiger charge is 2.24. The minimum absolute atomic E-state index is 0.145. The maximum absolute atomic E-state index is 12.1. The fraction of sp³-hybridized carbons (Fsp3) is 0.389. The fourth-order valence-corrected chi connectivity index (χ4v) is 3.68. The molecule has 2 heterocycles. The molecular formula is C18H23N3OS. The number of benzene rings is 1. The number of aryl methyl sites for hydroxylation is 1. The van der Waals surface area contributed by atoms with E-state index < -0.39 is 0 Å². The van der Waals surface area contributed by atoms with Crippen LogP contribution in [-0.2, 0) is 0 Å². The highest BCUT2D eigenvalue weighted by atomic mass is 32.1. The van der Waals surface area contributed by atoms with Crippen molar-refractivity contribution < 1.29 is 4.79 Å². The van der Waals surface area contributed by atoms with Crippen molar-refractivity contribution in [3.8, 4) is 0 Å². The minimum Gasteiger partial charge on any atom is -0.336 e. The van der Waals surface area contributed by atoms with Crippen LogP contribution in [0.3, 0.4) is 0 Å². The summed E-state index contributed by atoms with van der Waals surface area (Å²) in [7, 11) is 0. The second kappa shape index (κ2) is 7.62. The van der Waals surface area contributed by atoms with Crippen LogP contribution in [0.2, 0.25) is 0 Å². The van der Waals surface area contributed by atoms with Crippen molar-refractivity contribution in [1.29, 1.82) is 0 Å². The average Bonchev–Trinajstić information content (AvgIpc) is 3.24. The molecule has 1 aromatic carbocycles. The highest BCUT2D eigenvalue weighted by molar-refractivity contribution is 7.07. The van der Waals surface area contributed by atoms with E-state index in [9.17, 15) is 4.79 Å². The lowest BCUT2D eigenvalue weighted by Gasteiger charge is -2.27. The molecule has 1 saturated heterocycles. The first-order valence-electron chi connectivity index (χ1n) is 8.10. The van der Waals surface area contributed by atoms with Gasteiger partial charge >= 0.3 is 6.03 Å². The fourth-order valence-electron chi connectivity index (χ4n) is 2.98. The topological polar surface area (TPSA) is 44.4 Å². The van der Waals surface area contributed by atoms with Crippen LogP contribution in [0, 0.1) is 6.92 Å². The molecule has 122 valence electrons. The Morgan fingerprint density at radius 2 is 1.96 bits per heavy atom. The number of thiophene rings is 1. The van der Waals surface area contributed by atoms with Gasteiger partial charge in [-0.3, -0.25) is 4.90 Å². The third-order valence-electron chi connectivity index (χ3n) is 4.27. The molecular weight excluding hydrogens is 306 g/mol. The Hall–Kier alpha value is -1.85. The molecule has 0 radical (unpaired) electrons. The number of carbonyl (C=O) groups excluding carboxylic acids is 1. The molecule has 1 atom stereocenters. The van der Waals surface area contributed by atoms with Crippen LogP contribution in [0.5, 0.6) is 0 Å². The van der Waals surface area contributed by atoms with Crippen molar-refractivity contribution in [3.63, 3.8) is 0 Å². The lowest BCUT2D eigenvalue weighted by Crippen LogP contribution is -2.38.